The molecule has 1 saturated heterocycles. The van der Waals surface area contributed by atoms with Crippen LogP contribution in [0, 0.1) is 17.7 Å². The Labute approximate surface area is 143 Å². The van der Waals surface area contributed by atoms with Crippen LogP contribution >= 0.6 is 11.6 Å². The van der Waals surface area contributed by atoms with Gasteiger partial charge in [0.05, 0.1) is 16.9 Å². The molecule has 0 radical (unpaired) electrons. The van der Waals surface area contributed by atoms with Gasteiger partial charge in [-0.3, -0.25) is 19.3 Å². The molecule has 1 aliphatic heterocycles. The summed E-state index contributed by atoms with van der Waals surface area (Å²) in [6, 6.07) is 4.16. The largest absolute Gasteiger partial charge is 0.459 e. The van der Waals surface area contributed by atoms with Gasteiger partial charge in [0.15, 0.2) is 0 Å². The van der Waals surface area contributed by atoms with Crippen molar-refractivity contribution in [2.45, 2.75) is 32.3 Å². The van der Waals surface area contributed by atoms with E-state index in [-0.39, 0.29) is 40.8 Å². The summed E-state index contributed by atoms with van der Waals surface area (Å²) < 4.78 is 18.6. The summed E-state index contributed by atoms with van der Waals surface area (Å²) >= 11 is 5.86. The third-order valence-corrected chi connectivity index (χ3v) is 5.01. The summed E-state index contributed by atoms with van der Waals surface area (Å²) in [5.41, 5.74) is 0.0697. The normalized spacial score (nSPS) is 23.3. The van der Waals surface area contributed by atoms with Gasteiger partial charge in [-0.05, 0) is 25.0 Å². The molecule has 2 aliphatic rings. The fraction of sp³-hybridized carbons (Fsp3) is 0.471. The number of hydrogen-bond acceptors (Lipinski definition) is 4. The van der Waals surface area contributed by atoms with E-state index in [1.165, 1.54) is 18.2 Å². The third kappa shape index (κ3) is 3.15. The lowest BCUT2D eigenvalue weighted by molar-refractivity contribution is -0.153. The maximum absolute atomic E-state index is 13.6. The van der Waals surface area contributed by atoms with Gasteiger partial charge in [-0.1, -0.05) is 30.5 Å². The van der Waals surface area contributed by atoms with Crippen molar-refractivity contribution in [1.29, 1.82) is 0 Å². The maximum Gasteiger partial charge on any atom is 0.326 e. The van der Waals surface area contributed by atoms with Gasteiger partial charge in [0, 0.05) is 5.56 Å². The van der Waals surface area contributed by atoms with E-state index < -0.39 is 18.3 Å². The molecule has 2 amide bonds. The van der Waals surface area contributed by atoms with Crippen molar-refractivity contribution in [1.82, 2.24) is 4.90 Å². The first-order valence-electron chi connectivity index (χ1n) is 7.92. The van der Waals surface area contributed by atoms with E-state index in [9.17, 15) is 18.8 Å². The number of carbonyl (C=O) groups is 3. The molecule has 1 aliphatic carbocycles. The number of amides is 2. The summed E-state index contributed by atoms with van der Waals surface area (Å²) in [4.78, 5) is 37.5. The van der Waals surface area contributed by atoms with E-state index in [1.807, 2.05) is 0 Å². The van der Waals surface area contributed by atoms with Crippen molar-refractivity contribution in [2.75, 3.05) is 6.54 Å². The Morgan fingerprint density at radius 3 is 2.42 bits per heavy atom. The molecule has 7 heteroatoms. The lowest BCUT2D eigenvalue weighted by atomic mass is 9.81. The molecule has 1 aromatic rings. The minimum atomic E-state index is -0.755. The first kappa shape index (κ1) is 16.9. The molecule has 128 valence electrons. The van der Waals surface area contributed by atoms with Crippen LogP contribution in [0.2, 0.25) is 5.02 Å². The van der Waals surface area contributed by atoms with E-state index in [1.54, 1.807) is 0 Å². The highest BCUT2D eigenvalue weighted by Crippen LogP contribution is 2.37. The van der Waals surface area contributed by atoms with Gasteiger partial charge in [-0.25, -0.2) is 4.39 Å². The summed E-state index contributed by atoms with van der Waals surface area (Å²) in [6.07, 6.45) is 3.21. The van der Waals surface area contributed by atoms with Crippen molar-refractivity contribution in [3.05, 3.63) is 34.6 Å². The second-order valence-electron chi connectivity index (χ2n) is 6.12. The zero-order chi connectivity index (χ0) is 17.3. The molecule has 1 heterocycles. The van der Waals surface area contributed by atoms with Gasteiger partial charge in [0.2, 0.25) is 11.8 Å². The van der Waals surface area contributed by atoms with Crippen molar-refractivity contribution in [3.8, 4) is 0 Å². The third-order valence-electron chi connectivity index (χ3n) is 4.66. The molecule has 24 heavy (non-hydrogen) atoms. The number of hydrogen-bond donors (Lipinski definition) is 0. The summed E-state index contributed by atoms with van der Waals surface area (Å²) in [5, 5.41) is 0.155. The molecule has 0 unspecified atom stereocenters. The van der Waals surface area contributed by atoms with Crippen LogP contribution in [0.4, 0.5) is 4.39 Å². The van der Waals surface area contributed by atoms with Crippen molar-refractivity contribution < 1.29 is 23.5 Å². The Balaban J connectivity index is 1.61. The van der Waals surface area contributed by atoms with Gasteiger partial charge >= 0.3 is 5.97 Å². The lowest BCUT2D eigenvalue weighted by Crippen LogP contribution is -2.36. The number of halogens is 2. The van der Waals surface area contributed by atoms with Gasteiger partial charge in [-0.2, -0.15) is 0 Å². The summed E-state index contributed by atoms with van der Waals surface area (Å²) in [5.74, 6) is -2.54. The first-order chi connectivity index (χ1) is 11.5. The molecule has 0 spiro atoms. The van der Waals surface area contributed by atoms with Crippen LogP contribution < -0.4 is 0 Å². The molecular formula is C17H17ClFNO4. The SMILES string of the molecule is O=C(CN1C(=O)[C@H]2CCCC[C@H]2C1=O)OCc1c(F)cccc1Cl. The molecule has 2 atom stereocenters. The van der Waals surface area contributed by atoms with Crippen molar-refractivity contribution in [3.63, 3.8) is 0 Å². The molecule has 1 aromatic carbocycles. The quantitative estimate of drug-likeness (QED) is 0.616. The Hall–Kier alpha value is -1.95. The highest BCUT2D eigenvalue weighted by molar-refractivity contribution is 6.31. The number of benzene rings is 1. The van der Waals surface area contributed by atoms with Crippen LogP contribution in [0.3, 0.4) is 0 Å². The van der Waals surface area contributed by atoms with E-state index in [0.29, 0.717) is 12.8 Å². The van der Waals surface area contributed by atoms with Crippen LogP contribution in [0.1, 0.15) is 31.2 Å². The maximum atomic E-state index is 13.6. The molecule has 5 nitrogen and oxygen atoms in total. The number of rotatable bonds is 4. The van der Waals surface area contributed by atoms with E-state index in [2.05, 4.69) is 0 Å². The summed E-state index contributed by atoms with van der Waals surface area (Å²) in [6.45, 7) is -0.774. The van der Waals surface area contributed by atoms with Gasteiger partial charge in [0.1, 0.15) is 19.0 Å². The second-order valence-corrected chi connectivity index (χ2v) is 6.53. The predicted molar refractivity (Wildman–Crippen MR) is 83.4 cm³/mol. The minimum Gasteiger partial charge on any atom is -0.459 e. The zero-order valence-electron chi connectivity index (χ0n) is 13.0. The van der Waals surface area contributed by atoms with Crippen LogP contribution in [-0.2, 0) is 25.7 Å². The average Bonchev–Trinajstić information content (AvgIpc) is 2.80. The fourth-order valence-corrected chi connectivity index (χ4v) is 3.60. The van der Waals surface area contributed by atoms with Crippen molar-refractivity contribution >= 4 is 29.4 Å². The van der Waals surface area contributed by atoms with Crippen LogP contribution in [0.5, 0.6) is 0 Å². The molecule has 0 bridgehead atoms. The molecular weight excluding hydrogens is 337 g/mol. The number of fused-ring (bicyclic) bond motifs is 1. The number of nitrogens with zero attached hydrogens (tertiary/aromatic N) is 1. The standard InChI is InChI=1S/C17H17ClFNO4/c18-13-6-3-7-14(19)12(13)9-24-15(21)8-20-16(22)10-4-1-2-5-11(10)17(20)23/h3,6-7,10-11H,1-2,4-5,8-9H2/t10-,11+. The van der Waals surface area contributed by atoms with Gasteiger partial charge in [-0.15, -0.1) is 0 Å². The fourth-order valence-electron chi connectivity index (χ4n) is 3.38. The average molecular weight is 354 g/mol. The highest BCUT2D eigenvalue weighted by atomic mass is 35.5. The molecule has 2 fully saturated rings. The number of esters is 1. The van der Waals surface area contributed by atoms with Gasteiger partial charge < -0.3 is 4.74 Å². The Bertz CT molecular complexity index is 649. The zero-order valence-corrected chi connectivity index (χ0v) is 13.7. The predicted octanol–water partition coefficient (Wildman–Crippen LogP) is 2.70. The number of imide groups is 1. The monoisotopic (exact) mass is 353 g/mol. The summed E-state index contributed by atoms with van der Waals surface area (Å²) in [7, 11) is 0. The Kier molecular flexibility index (Phi) is 4.85. The van der Waals surface area contributed by atoms with Crippen LogP contribution in [0.15, 0.2) is 18.2 Å². The number of likely N-dealkylation sites (tertiary alicyclic amines) is 1. The molecule has 3 rings (SSSR count). The smallest absolute Gasteiger partial charge is 0.326 e. The van der Waals surface area contributed by atoms with E-state index >= 15 is 0 Å². The van der Waals surface area contributed by atoms with Crippen LogP contribution in [0.25, 0.3) is 0 Å². The van der Waals surface area contributed by atoms with E-state index in [4.69, 9.17) is 16.3 Å². The Morgan fingerprint density at radius 2 is 1.83 bits per heavy atom. The molecule has 0 aromatic heterocycles. The first-order valence-corrected chi connectivity index (χ1v) is 8.30. The van der Waals surface area contributed by atoms with Crippen molar-refractivity contribution in [2.24, 2.45) is 11.8 Å². The Morgan fingerprint density at radius 1 is 1.21 bits per heavy atom. The number of ether oxygens (including phenoxy) is 1. The molecule has 1 saturated carbocycles. The minimum absolute atomic E-state index is 0.0697. The van der Waals surface area contributed by atoms with Crippen LogP contribution in [-0.4, -0.2) is 29.2 Å². The topological polar surface area (TPSA) is 63.7 Å². The molecule has 0 N–H and O–H groups in total. The highest BCUT2D eigenvalue weighted by Gasteiger charge is 2.48. The lowest BCUT2D eigenvalue weighted by Gasteiger charge is -2.19. The number of carbonyl (C=O) groups excluding carboxylic acids is 3. The second kappa shape index (κ2) is 6.89. The van der Waals surface area contributed by atoms with E-state index in [0.717, 1.165) is 17.7 Å². The van der Waals surface area contributed by atoms with Gasteiger partial charge in [0.25, 0.3) is 0 Å².